The quantitative estimate of drug-likeness (QED) is 0.200. The molecular weight excluding hydrogens is 480 g/mol. The van der Waals surface area contributed by atoms with E-state index in [0.29, 0.717) is 11.3 Å². The van der Waals surface area contributed by atoms with Gasteiger partial charge in [-0.2, -0.15) is 0 Å². The van der Waals surface area contributed by atoms with E-state index >= 15 is 0 Å². The summed E-state index contributed by atoms with van der Waals surface area (Å²) in [4.78, 5) is 53.6. The first kappa shape index (κ1) is 27.3. The van der Waals surface area contributed by atoms with E-state index in [1.54, 1.807) is 25.1 Å². The minimum absolute atomic E-state index is 0.00362. The molecule has 0 aliphatic heterocycles. The smallest absolute Gasteiger partial charge is 0.328 e. The number of sulfonamides is 1. The van der Waals surface area contributed by atoms with E-state index < -0.39 is 34.0 Å². The van der Waals surface area contributed by atoms with Crippen molar-refractivity contribution in [1.29, 1.82) is 0 Å². The minimum Gasteiger partial charge on any atom is -0.480 e. The summed E-state index contributed by atoms with van der Waals surface area (Å²) in [6.07, 6.45) is 3.06. The molecule has 2 aromatic rings. The first-order valence-corrected chi connectivity index (χ1v) is 12.2. The standard InChI is InChI=1S/C21H28N6O7S/c1-14-5-2-3-6-17(14)35(33,34)27-21(32)24-9-4-7-18(28)23-10-8-19(29)26-16(20(30)31)11-15-12-22-13-25-15/h2-3,5-6,12-13,16H,4,7-11H2,1H3,(H,22,25)(H,23,28)(H,26,29)(H,30,31)(H2,24,27,32). The lowest BCUT2D eigenvalue weighted by Crippen LogP contribution is -2.43. The lowest BCUT2D eigenvalue weighted by molar-refractivity contribution is -0.141. The van der Waals surface area contributed by atoms with Crippen molar-refractivity contribution in [2.24, 2.45) is 0 Å². The van der Waals surface area contributed by atoms with E-state index in [2.05, 4.69) is 25.9 Å². The zero-order valence-electron chi connectivity index (χ0n) is 19.0. The van der Waals surface area contributed by atoms with Crippen molar-refractivity contribution < 1.29 is 32.7 Å². The van der Waals surface area contributed by atoms with Gasteiger partial charge in [0.15, 0.2) is 0 Å². The van der Waals surface area contributed by atoms with Crippen molar-refractivity contribution in [1.82, 2.24) is 30.6 Å². The molecule has 1 unspecified atom stereocenters. The van der Waals surface area contributed by atoms with Crippen LogP contribution in [-0.4, -0.2) is 66.4 Å². The third-order valence-corrected chi connectivity index (χ3v) is 6.25. The second kappa shape index (κ2) is 13.1. The number of rotatable bonds is 13. The summed E-state index contributed by atoms with van der Waals surface area (Å²) in [5, 5.41) is 16.5. The van der Waals surface area contributed by atoms with Gasteiger partial charge in [0.05, 0.1) is 11.2 Å². The summed E-state index contributed by atoms with van der Waals surface area (Å²) in [6.45, 7) is 1.67. The molecule has 0 bridgehead atoms. The second-order valence-electron chi connectivity index (χ2n) is 7.57. The van der Waals surface area contributed by atoms with Crippen molar-refractivity contribution in [2.75, 3.05) is 13.1 Å². The number of carbonyl (C=O) groups is 4. The molecule has 1 atom stereocenters. The molecule has 0 spiro atoms. The van der Waals surface area contributed by atoms with E-state index in [-0.39, 0.29) is 49.6 Å². The fraction of sp³-hybridized carbons (Fsp3) is 0.381. The maximum atomic E-state index is 12.3. The first-order valence-electron chi connectivity index (χ1n) is 10.7. The predicted octanol–water partition coefficient (Wildman–Crippen LogP) is -0.195. The van der Waals surface area contributed by atoms with Gasteiger partial charge in [0, 0.05) is 44.2 Å². The van der Waals surface area contributed by atoms with Crippen LogP contribution in [0.5, 0.6) is 0 Å². The van der Waals surface area contributed by atoms with Crippen LogP contribution in [-0.2, 0) is 30.8 Å². The molecule has 0 fully saturated rings. The highest BCUT2D eigenvalue weighted by molar-refractivity contribution is 7.90. The Bertz CT molecular complexity index is 1130. The van der Waals surface area contributed by atoms with Gasteiger partial charge < -0.3 is 26.0 Å². The summed E-state index contributed by atoms with van der Waals surface area (Å²) in [6, 6.07) is 4.19. The summed E-state index contributed by atoms with van der Waals surface area (Å²) < 4.78 is 26.4. The molecule has 13 nitrogen and oxygen atoms in total. The van der Waals surface area contributed by atoms with Crippen LogP contribution in [0.4, 0.5) is 4.79 Å². The number of hydrogen-bond donors (Lipinski definition) is 6. The number of amides is 4. The van der Waals surface area contributed by atoms with Gasteiger partial charge in [0.25, 0.3) is 10.0 Å². The topological polar surface area (TPSA) is 199 Å². The third-order valence-electron chi connectivity index (χ3n) is 4.76. The van der Waals surface area contributed by atoms with Gasteiger partial charge >= 0.3 is 12.0 Å². The maximum absolute atomic E-state index is 12.3. The Kier molecular flexibility index (Phi) is 10.2. The van der Waals surface area contributed by atoms with Crippen LogP contribution in [0.25, 0.3) is 0 Å². The highest BCUT2D eigenvalue weighted by Crippen LogP contribution is 2.13. The maximum Gasteiger partial charge on any atom is 0.328 e. The summed E-state index contributed by atoms with van der Waals surface area (Å²) in [5.74, 6) is -2.11. The van der Waals surface area contributed by atoms with Crippen LogP contribution in [0.15, 0.2) is 41.7 Å². The number of hydrogen-bond acceptors (Lipinski definition) is 7. The largest absolute Gasteiger partial charge is 0.480 e. The van der Waals surface area contributed by atoms with Crippen molar-refractivity contribution in [2.45, 2.75) is 43.5 Å². The number of aromatic amines is 1. The third kappa shape index (κ3) is 9.44. The Morgan fingerprint density at radius 3 is 2.46 bits per heavy atom. The number of benzene rings is 1. The molecule has 6 N–H and O–H groups in total. The Labute approximate surface area is 202 Å². The van der Waals surface area contributed by atoms with E-state index in [4.69, 9.17) is 0 Å². The number of carbonyl (C=O) groups excluding carboxylic acids is 3. The highest BCUT2D eigenvalue weighted by atomic mass is 32.2. The van der Waals surface area contributed by atoms with E-state index in [1.807, 2.05) is 4.72 Å². The molecule has 0 saturated carbocycles. The molecule has 0 aliphatic rings. The van der Waals surface area contributed by atoms with Gasteiger partial charge in [0.1, 0.15) is 6.04 Å². The minimum atomic E-state index is -4.01. The molecule has 0 saturated heterocycles. The van der Waals surface area contributed by atoms with E-state index in [0.717, 1.165) is 0 Å². The van der Waals surface area contributed by atoms with Crippen molar-refractivity contribution in [3.63, 3.8) is 0 Å². The summed E-state index contributed by atoms with van der Waals surface area (Å²) in [5.41, 5.74) is 1.05. The number of H-pyrrole nitrogens is 1. The van der Waals surface area contributed by atoms with E-state index in [9.17, 15) is 32.7 Å². The molecule has 2 rings (SSSR count). The van der Waals surface area contributed by atoms with Gasteiger partial charge in [-0.15, -0.1) is 0 Å². The Morgan fingerprint density at radius 2 is 1.80 bits per heavy atom. The van der Waals surface area contributed by atoms with Gasteiger partial charge in [-0.1, -0.05) is 18.2 Å². The lowest BCUT2D eigenvalue weighted by atomic mass is 10.1. The number of aliphatic carboxylic acids is 1. The monoisotopic (exact) mass is 508 g/mol. The van der Waals surface area contributed by atoms with Crippen molar-refractivity contribution >= 4 is 33.8 Å². The number of carboxylic acids is 1. The number of aromatic nitrogens is 2. The molecule has 0 radical (unpaired) electrons. The predicted molar refractivity (Wildman–Crippen MR) is 124 cm³/mol. The fourth-order valence-corrected chi connectivity index (χ4v) is 4.18. The Morgan fingerprint density at radius 1 is 1.06 bits per heavy atom. The SMILES string of the molecule is Cc1ccccc1S(=O)(=O)NC(=O)NCCCC(=O)NCCC(=O)NC(Cc1cnc[nH]1)C(=O)O. The molecular formula is C21H28N6O7S. The van der Waals surface area contributed by atoms with Gasteiger partial charge in [0.2, 0.25) is 11.8 Å². The Hall–Kier alpha value is -3.94. The van der Waals surface area contributed by atoms with Crippen molar-refractivity contribution in [3.05, 3.63) is 48.0 Å². The van der Waals surface area contributed by atoms with Gasteiger partial charge in [-0.3, -0.25) is 9.59 Å². The number of urea groups is 1. The van der Waals surface area contributed by atoms with Crippen LogP contribution in [0.1, 0.15) is 30.5 Å². The Balaban J connectivity index is 1.62. The zero-order valence-corrected chi connectivity index (χ0v) is 19.9. The number of aryl methyl sites for hydroxylation is 1. The van der Waals surface area contributed by atoms with Crippen LogP contribution in [0, 0.1) is 6.92 Å². The zero-order chi connectivity index (χ0) is 25.8. The summed E-state index contributed by atoms with van der Waals surface area (Å²) >= 11 is 0. The fourth-order valence-electron chi connectivity index (χ4n) is 3.01. The van der Waals surface area contributed by atoms with Crippen LogP contribution < -0.4 is 20.7 Å². The molecule has 35 heavy (non-hydrogen) atoms. The average molecular weight is 509 g/mol. The highest BCUT2D eigenvalue weighted by Gasteiger charge is 2.21. The molecule has 14 heteroatoms. The molecule has 0 aliphatic carbocycles. The van der Waals surface area contributed by atoms with Gasteiger partial charge in [-0.05, 0) is 25.0 Å². The van der Waals surface area contributed by atoms with Gasteiger partial charge in [-0.25, -0.2) is 27.7 Å². The molecule has 4 amide bonds. The van der Waals surface area contributed by atoms with Crippen LogP contribution >= 0.6 is 0 Å². The lowest BCUT2D eigenvalue weighted by Gasteiger charge is -2.14. The molecule has 190 valence electrons. The van der Waals surface area contributed by atoms with Crippen LogP contribution in [0.2, 0.25) is 0 Å². The van der Waals surface area contributed by atoms with Crippen LogP contribution in [0.3, 0.4) is 0 Å². The molecule has 1 heterocycles. The first-order chi connectivity index (χ1) is 16.6. The average Bonchev–Trinajstić information content (AvgIpc) is 3.29. The van der Waals surface area contributed by atoms with E-state index in [1.165, 1.54) is 18.6 Å². The second-order valence-corrected chi connectivity index (χ2v) is 9.22. The number of nitrogens with one attached hydrogen (secondary N) is 5. The number of imidazole rings is 1. The molecule has 1 aromatic heterocycles. The normalized spacial score (nSPS) is 11.8. The molecule has 1 aromatic carbocycles. The van der Waals surface area contributed by atoms with Crippen molar-refractivity contribution in [3.8, 4) is 0 Å². The number of nitrogens with zero attached hydrogens (tertiary/aromatic N) is 1. The number of carboxylic acid groups (broad SMARTS) is 1. The summed E-state index contributed by atoms with van der Waals surface area (Å²) in [7, 11) is -4.01.